The van der Waals surface area contributed by atoms with E-state index in [1.807, 2.05) is 24.3 Å². The van der Waals surface area contributed by atoms with Gasteiger partial charge in [-0.1, -0.05) is 57.2 Å². The summed E-state index contributed by atoms with van der Waals surface area (Å²) in [6, 6.07) is 23.0. The summed E-state index contributed by atoms with van der Waals surface area (Å²) >= 11 is 0. The summed E-state index contributed by atoms with van der Waals surface area (Å²) in [7, 11) is 0. The van der Waals surface area contributed by atoms with Crippen LogP contribution in [0.25, 0.3) is 0 Å². The van der Waals surface area contributed by atoms with Gasteiger partial charge in [0.05, 0.1) is 0 Å². The Kier molecular flexibility index (Phi) is 5.80. The fourth-order valence-corrected chi connectivity index (χ4v) is 2.83. The molecule has 0 fully saturated rings. The van der Waals surface area contributed by atoms with Crippen molar-refractivity contribution < 1.29 is 9.13 Å². The van der Waals surface area contributed by atoms with Gasteiger partial charge < -0.3 is 10.1 Å². The maximum atomic E-state index is 13.2. The molecule has 0 amide bonds. The Morgan fingerprint density at radius 2 is 1.56 bits per heavy atom. The van der Waals surface area contributed by atoms with Crippen molar-refractivity contribution in [2.24, 2.45) is 0 Å². The van der Waals surface area contributed by atoms with Crippen molar-refractivity contribution in [1.82, 2.24) is 0 Å². The summed E-state index contributed by atoms with van der Waals surface area (Å²) in [6.07, 6.45) is 0. The van der Waals surface area contributed by atoms with Crippen LogP contribution in [0.5, 0.6) is 5.75 Å². The molecule has 0 saturated heterocycles. The van der Waals surface area contributed by atoms with E-state index in [1.165, 1.54) is 17.7 Å². The molecular weight excluding hydrogens is 337 g/mol. The second-order valence-corrected chi connectivity index (χ2v) is 7.75. The van der Waals surface area contributed by atoms with Crippen LogP contribution in [0.2, 0.25) is 0 Å². The smallest absolute Gasteiger partial charge is 0.123 e. The number of nitrogens with one attached hydrogen (secondary N) is 1. The van der Waals surface area contributed by atoms with Gasteiger partial charge in [0.15, 0.2) is 0 Å². The Hall–Kier alpha value is -2.81. The van der Waals surface area contributed by atoms with Crippen molar-refractivity contribution in [2.45, 2.75) is 39.3 Å². The predicted molar refractivity (Wildman–Crippen MR) is 110 cm³/mol. The SMILES string of the molecule is CC(C)(C)c1ccc(NCc2cccc(OCc3cccc(F)c3)c2)cc1. The van der Waals surface area contributed by atoms with Crippen LogP contribution in [0.4, 0.5) is 10.1 Å². The maximum absolute atomic E-state index is 13.2. The molecule has 2 nitrogen and oxygen atoms in total. The van der Waals surface area contributed by atoms with Gasteiger partial charge in [0.1, 0.15) is 18.2 Å². The average molecular weight is 363 g/mol. The van der Waals surface area contributed by atoms with Crippen LogP contribution in [-0.4, -0.2) is 0 Å². The first-order chi connectivity index (χ1) is 12.9. The molecule has 0 aliphatic carbocycles. The highest BCUT2D eigenvalue weighted by molar-refractivity contribution is 5.46. The number of anilines is 1. The van der Waals surface area contributed by atoms with Gasteiger partial charge in [-0.3, -0.25) is 0 Å². The summed E-state index contributed by atoms with van der Waals surface area (Å²) < 4.78 is 19.0. The summed E-state index contributed by atoms with van der Waals surface area (Å²) in [4.78, 5) is 0. The molecule has 0 saturated carbocycles. The number of halogens is 1. The Morgan fingerprint density at radius 3 is 2.26 bits per heavy atom. The molecule has 0 unspecified atom stereocenters. The lowest BCUT2D eigenvalue weighted by atomic mass is 9.87. The minimum atomic E-state index is -0.244. The first-order valence-corrected chi connectivity index (χ1v) is 9.21. The Morgan fingerprint density at radius 1 is 0.852 bits per heavy atom. The van der Waals surface area contributed by atoms with Gasteiger partial charge in [0, 0.05) is 12.2 Å². The third-order valence-corrected chi connectivity index (χ3v) is 4.44. The second-order valence-electron chi connectivity index (χ2n) is 7.75. The topological polar surface area (TPSA) is 21.3 Å². The molecule has 3 heteroatoms. The third kappa shape index (κ3) is 5.58. The largest absolute Gasteiger partial charge is 0.489 e. The van der Waals surface area contributed by atoms with Crippen LogP contribution in [-0.2, 0) is 18.6 Å². The van der Waals surface area contributed by atoms with Crippen LogP contribution in [0.15, 0.2) is 72.8 Å². The van der Waals surface area contributed by atoms with Gasteiger partial charge in [-0.15, -0.1) is 0 Å². The standard InChI is InChI=1S/C24H26FNO/c1-24(2,3)20-10-12-22(13-11-20)26-16-18-6-5-9-23(15-18)27-17-19-7-4-8-21(25)14-19/h4-15,26H,16-17H2,1-3H3. The van der Waals surface area contributed by atoms with Gasteiger partial charge in [-0.25, -0.2) is 4.39 Å². The lowest BCUT2D eigenvalue weighted by Crippen LogP contribution is -2.10. The third-order valence-electron chi connectivity index (χ3n) is 4.44. The minimum Gasteiger partial charge on any atom is -0.489 e. The molecule has 1 N–H and O–H groups in total. The summed E-state index contributed by atoms with van der Waals surface area (Å²) in [6.45, 7) is 7.70. The zero-order valence-electron chi connectivity index (χ0n) is 16.1. The van der Waals surface area contributed by atoms with Gasteiger partial charge in [-0.05, 0) is 58.5 Å². The predicted octanol–water partition coefficient (Wildman–Crippen LogP) is 6.31. The molecule has 0 spiro atoms. The molecule has 0 atom stereocenters. The van der Waals surface area contributed by atoms with E-state index in [4.69, 9.17) is 4.74 Å². The first-order valence-electron chi connectivity index (χ1n) is 9.21. The van der Waals surface area contributed by atoms with Crippen molar-refractivity contribution >= 4 is 5.69 Å². The Balaban J connectivity index is 1.57. The van der Waals surface area contributed by atoms with Crippen molar-refractivity contribution in [3.8, 4) is 5.75 Å². The normalized spacial score (nSPS) is 11.3. The number of hydrogen-bond acceptors (Lipinski definition) is 2. The highest BCUT2D eigenvalue weighted by Gasteiger charge is 2.12. The number of ether oxygens (including phenoxy) is 1. The van der Waals surface area contributed by atoms with E-state index >= 15 is 0 Å². The number of rotatable bonds is 6. The fourth-order valence-electron chi connectivity index (χ4n) is 2.83. The van der Waals surface area contributed by atoms with E-state index in [2.05, 4.69) is 56.4 Å². The van der Waals surface area contributed by atoms with E-state index in [0.717, 1.165) is 22.6 Å². The van der Waals surface area contributed by atoms with Gasteiger partial charge in [-0.2, -0.15) is 0 Å². The Bertz CT molecular complexity index is 881. The van der Waals surface area contributed by atoms with E-state index in [0.29, 0.717) is 13.2 Å². The van der Waals surface area contributed by atoms with Crippen molar-refractivity contribution in [2.75, 3.05) is 5.32 Å². The summed E-state index contributed by atoms with van der Waals surface area (Å²) in [5.41, 5.74) is 4.52. The van der Waals surface area contributed by atoms with Crippen LogP contribution in [0.1, 0.15) is 37.5 Å². The lowest BCUT2D eigenvalue weighted by Gasteiger charge is -2.19. The molecule has 0 heterocycles. The molecule has 3 rings (SSSR count). The zero-order valence-corrected chi connectivity index (χ0v) is 16.1. The van der Waals surface area contributed by atoms with Crippen LogP contribution in [0.3, 0.4) is 0 Å². The quantitative estimate of drug-likeness (QED) is 0.554. The number of benzene rings is 3. The van der Waals surface area contributed by atoms with Crippen molar-refractivity contribution in [1.29, 1.82) is 0 Å². The van der Waals surface area contributed by atoms with Crippen molar-refractivity contribution in [3.05, 3.63) is 95.3 Å². The van der Waals surface area contributed by atoms with Crippen LogP contribution in [0, 0.1) is 5.82 Å². The van der Waals surface area contributed by atoms with Crippen molar-refractivity contribution in [3.63, 3.8) is 0 Å². The summed E-state index contributed by atoms with van der Waals surface area (Å²) in [5.74, 6) is 0.535. The summed E-state index contributed by atoms with van der Waals surface area (Å²) in [5, 5.41) is 3.44. The van der Waals surface area contributed by atoms with E-state index in [-0.39, 0.29) is 11.2 Å². The highest BCUT2D eigenvalue weighted by Crippen LogP contribution is 2.24. The van der Waals surface area contributed by atoms with Gasteiger partial charge in [0.25, 0.3) is 0 Å². The molecule has 0 aromatic heterocycles. The first kappa shape index (κ1) is 19.0. The lowest BCUT2D eigenvalue weighted by molar-refractivity contribution is 0.305. The molecule has 140 valence electrons. The minimum absolute atomic E-state index is 0.159. The molecule has 3 aromatic carbocycles. The fraction of sp³-hybridized carbons (Fsp3) is 0.250. The molecule has 0 aliphatic heterocycles. The zero-order chi connectivity index (χ0) is 19.3. The van der Waals surface area contributed by atoms with Gasteiger partial charge in [0.2, 0.25) is 0 Å². The Labute approximate surface area is 161 Å². The monoisotopic (exact) mass is 363 g/mol. The van der Waals surface area contributed by atoms with Gasteiger partial charge >= 0.3 is 0 Å². The molecule has 0 aliphatic rings. The number of hydrogen-bond donors (Lipinski definition) is 1. The van der Waals surface area contributed by atoms with Crippen LogP contribution >= 0.6 is 0 Å². The molecule has 0 bridgehead atoms. The average Bonchev–Trinajstić information content (AvgIpc) is 2.65. The molecular formula is C24H26FNO. The molecule has 0 radical (unpaired) electrons. The molecule has 3 aromatic rings. The second kappa shape index (κ2) is 8.26. The van der Waals surface area contributed by atoms with E-state index < -0.39 is 0 Å². The maximum Gasteiger partial charge on any atom is 0.123 e. The molecule has 27 heavy (non-hydrogen) atoms. The van der Waals surface area contributed by atoms with E-state index in [1.54, 1.807) is 6.07 Å². The van der Waals surface area contributed by atoms with E-state index in [9.17, 15) is 4.39 Å². The van der Waals surface area contributed by atoms with Crippen LogP contribution < -0.4 is 10.1 Å². The highest BCUT2D eigenvalue weighted by atomic mass is 19.1.